The quantitative estimate of drug-likeness (QED) is 0.438. The molecule has 0 aliphatic heterocycles. The number of hydrogen-bond donors (Lipinski definition) is 0. The lowest BCUT2D eigenvalue weighted by Gasteiger charge is -2.25. The third-order valence-electron chi connectivity index (χ3n) is 2.32. The van der Waals surface area contributed by atoms with E-state index in [9.17, 15) is 0 Å². The Morgan fingerprint density at radius 2 is 2.17 bits per heavy atom. The van der Waals surface area contributed by atoms with Crippen molar-refractivity contribution < 1.29 is 4.74 Å². The fraction of sp³-hybridized carbons (Fsp3) is 0.667. The van der Waals surface area contributed by atoms with Crippen LogP contribution in [0.3, 0.4) is 0 Å². The Morgan fingerprint density at radius 1 is 1.44 bits per heavy atom. The summed E-state index contributed by atoms with van der Waals surface area (Å²) >= 11 is 7.51. The molecule has 0 N–H and O–H groups in total. The molecule has 4 nitrogen and oxygen atoms in total. The van der Waals surface area contributed by atoms with Crippen LogP contribution in [0.5, 0.6) is 0 Å². The lowest BCUT2D eigenvalue weighted by molar-refractivity contribution is 0.204. The molecule has 0 amide bonds. The Labute approximate surface area is 118 Å². The summed E-state index contributed by atoms with van der Waals surface area (Å²) in [6, 6.07) is 1.80. The third kappa shape index (κ3) is 5.00. The minimum Gasteiger partial charge on any atom is -0.383 e. The highest BCUT2D eigenvalue weighted by molar-refractivity contribution is 7.98. The van der Waals surface area contributed by atoms with Crippen molar-refractivity contribution in [3.05, 3.63) is 11.2 Å². The zero-order chi connectivity index (χ0) is 13.5. The van der Waals surface area contributed by atoms with E-state index in [1.54, 1.807) is 13.2 Å². The molecule has 18 heavy (non-hydrogen) atoms. The van der Waals surface area contributed by atoms with E-state index in [1.165, 1.54) is 11.8 Å². The first-order valence-electron chi connectivity index (χ1n) is 5.89. The molecule has 0 radical (unpaired) electrons. The molecule has 0 aliphatic carbocycles. The Hall–Kier alpha value is -0.520. The van der Waals surface area contributed by atoms with Crippen LogP contribution in [0.15, 0.2) is 11.2 Å². The van der Waals surface area contributed by atoms with Gasteiger partial charge < -0.3 is 9.64 Å². The van der Waals surface area contributed by atoms with Crippen LogP contribution in [-0.2, 0) is 4.74 Å². The normalized spacial score (nSPS) is 11.0. The van der Waals surface area contributed by atoms with Gasteiger partial charge in [0.1, 0.15) is 11.0 Å². The van der Waals surface area contributed by atoms with Crippen LogP contribution in [0.25, 0.3) is 0 Å². The largest absolute Gasteiger partial charge is 0.383 e. The summed E-state index contributed by atoms with van der Waals surface area (Å²) in [6.45, 7) is 6.75. The van der Waals surface area contributed by atoms with Crippen LogP contribution < -0.4 is 4.90 Å². The standard InChI is InChI=1S/C12H20ClN3OS/c1-9(2)8-16(5-6-17-3)11-7-10(13)14-12(15-11)18-4/h7,9H,5-6,8H2,1-4H3. The van der Waals surface area contributed by atoms with Crippen molar-refractivity contribution in [1.82, 2.24) is 9.97 Å². The predicted octanol–water partition coefficient (Wildman–Crippen LogP) is 2.96. The van der Waals surface area contributed by atoms with Crippen molar-refractivity contribution in [2.24, 2.45) is 5.92 Å². The minimum absolute atomic E-state index is 0.482. The number of rotatable bonds is 7. The molecule has 0 saturated carbocycles. The molecule has 0 aliphatic rings. The van der Waals surface area contributed by atoms with Gasteiger partial charge in [0.2, 0.25) is 0 Å². The summed E-state index contributed by atoms with van der Waals surface area (Å²) in [4.78, 5) is 10.8. The van der Waals surface area contributed by atoms with E-state index in [2.05, 4.69) is 28.7 Å². The summed E-state index contributed by atoms with van der Waals surface area (Å²) in [7, 11) is 1.70. The summed E-state index contributed by atoms with van der Waals surface area (Å²) in [5, 5.41) is 1.18. The molecule has 0 fully saturated rings. The Kier molecular flexibility index (Phi) is 6.75. The summed E-state index contributed by atoms with van der Waals surface area (Å²) in [6.07, 6.45) is 1.94. The van der Waals surface area contributed by atoms with Crippen LogP contribution >= 0.6 is 23.4 Å². The van der Waals surface area contributed by atoms with Crippen molar-refractivity contribution in [3.63, 3.8) is 0 Å². The molecule has 6 heteroatoms. The molecule has 1 rings (SSSR count). The minimum atomic E-state index is 0.482. The molecular weight excluding hydrogens is 270 g/mol. The maximum atomic E-state index is 6.02. The van der Waals surface area contributed by atoms with E-state index < -0.39 is 0 Å². The summed E-state index contributed by atoms with van der Waals surface area (Å²) < 4.78 is 5.14. The van der Waals surface area contributed by atoms with Gasteiger partial charge in [0.15, 0.2) is 5.16 Å². The monoisotopic (exact) mass is 289 g/mol. The van der Waals surface area contributed by atoms with E-state index in [0.717, 1.165) is 18.9 Å². The summed E-state index contributed by atoms with van der Waals surface area (Å²) in [5.41, 5.74) is 0. The molecule has 0 unspecified atom stereocenters. The van der Waals surface area contributed by atoms with Gasteiger partial charge >= 0.3 is 0 Å². The van der Waals surface area contributed by atoms with Gasteiger partial charge in [0, 0.05) is 26.3 Å². The zero-order valence-electron chi connectivity index (χ0n) is 11.3. The highest BCUT2D eigenvalue weighted by atomic mass is 35.5. The van der Waals surface area contributed by atoms with Gasteiger partial charge in [-0.2, -0.15) is 0 Å². The third-order valence-corrected chi connectivity index (χ3v) is 3.06. The van der Waals surface area contributed by atoms with E-state index in [-0.39, 0.29) is 0 Å². The van der Waals surface area contributed by atoms with E-state index in [1.807, 2.05) is 6.26 Å². The second-order valence-electron chi connectivity index (χ2n) is 4.37. The van der Waals surface area contributed by atoms with E-state index in [0.29, 0.717) is 22.8 Å². The van der Waals surface area contributed by atoms with Crippen LogP contribution in [0.2, 0.25) is 5.15 Å². The second kappa shape index (κ2) is 7.81. The number of anilines is 1. The first-order chi connectivity index (χ1) is 8.56. The molecule has 1 aromatic rings. The van der Waals surface area contributed by atoms with Crippen LogP contribution in [0.4, 0.5) is 5.82 Å². The number of halogens is 1. The van der Waals surface area contributed by atoms with E-state index >= 15 is 0 Å². The average Bonchev–Trinajstić information content (AvgIpc) is 2.33. The van der Waals surface area contributed by atoms with Gasteiger partial charge in [0.25, 0.3) is 0 Å². The number of nitrogens with zero attached hydrogens (tertiary/aromatic N) is 3. The molecule has 0 atom stereocenters. The van der Waals surface area contributed by atoms with Gasteiger partial charge in [-0.15, -0.1) is 0 Å². The number of thioether (sulfide) groups is 1. The number of ether oxygens (including phenoxy) is 1. The molecule has 0 aromatic carbocycles. The highest BCUT2D eigenvalue weighted by Gasteiger charge is 2.12. The molecule has 0 bridgehead atoms. The lowest BCUT2D eigenvalue weighted by Crippen LogP contribution is -2.31. The Bertz CT molecular complexity index is 376. The van der Waals surface area contributed by atoms with Crippen LogP contribution in [0.1, 0.15) is 13.8 Å². The van der Waals surface area contributed by atoms with Crippen molar-refractivity contribution >= 4 is 29.2 Å². The smallest absolute Gasteiger partial charge is 0.190 e. The molecule has 1 heterocycles. The van der Waals surface area contributed by atoms with Gasteiger partial charge in [-0.25, -0.2) is 9.97 Å². The maximum Gasteiger partial charge on any atom is 0.190 e. The molecular formula is C12H20ClN3OS. The first kappa shape index (κ1) is 15.5. The SMILES string of the molecule is COCCN(CC(C)C)c1cc(Cl)nc(SC)n1. The molecule has 102 valence electrons. The fourth-order valence-electron chi connectivity index (χ4n) is 1.58. The van der Waals surface area contributed by atoms with Gasteiger partial charge in [-0.1, -0.05) is 37.2 Å². The van der Waals surface area contributed by atoms with Crippen LogP contribution in [0, 0.1) is 5.92 Å². The maximum absolute atomic E-state index is 6.02. The van der Waals surface area contributed by atoms with Crippen molar-refractivity contribution in [2.45, 2.75) is 19.0 Å². The Balaban J connectivity index is 2.91. The number of hydrogen-bond acceptors (Lipinski definition) is 5. The fourth-order valence-corrected chi connectivity index (χ4v) is 2.18. The van der Waals surface area contributed by atoms with Gasteiger partial charge in [-0.05, 0) is 12.2 Å². The highest BCUT2D eigenvalue weighted by Crippen LogP contribution is 2.21. The second-order valence-corrected chi connectivity index (χ2v) is 5.53. The molecule has 0 spiro atoms. The van der Waals surface area contributed by atoms with Gasteiger partial charge in [-0.3, -0.25) is 0 Å². The topological polar surface area (TPSA) is 38.2 Å². The predicted molar refractivity (Wildman–Crippen MR) is 77.8 cm³/mol. The van der Waals surface area contributed by atoms with Crippen molar-refractivity contribution in [1.29, 1.82) is 0 Å². The average molecular weight is 290 g/mol. The summed E-state index contributed by atoms with van der Waals surface area (Å²) in [5.74, 6) is 1.42. The van der Waals surface area contributed by atoms with Crippen molar-refractivity contribution in [3.8, 4) is 0 Å². The zero-order valence-corrected chi connectivity index (χ0v) is 12.9. The Morgan fingerprint density at radius 3 is 2.72 bits per heavy atom. The molecule has 1 aromatic heterocycles. The lowest BCUT2D eigenvalue weighted by atomic mass is 10.2. The molecule has 0 saturated heterocycles. The van der Waals surface area contributed by atoms with Crippen molar-refractivity contribution in [2.75, 3.05) is 38.0 Å². The number of aromatic nitrogens is 2. The van der Waals surface area contributed by atoms with Crippen LogP contribution in [-0.4, -0.2) is 43.0 Å². The van der Waals surface area contributed by atoms with Gasteiger partial charge in [0.05, 0.1) is 6.61 Å². The van der Waals surface area contributed by atoms with E-state index in [4.69, 9.17) is 16.3 Å². The number of methoxy groups -OCH3 is 1. The first-order valence-corrected chi connectivity index (χ1v) is 7.49.